The van der Waals surface area contributed by atoms with Crippen LogP contribution >= 0.6 is 0 Å². The van der Waals surface area contributed by atoms with Crippen LogP contribution in [0.3, 0.4) is 0 Å². The third-order valence-electron chi connectivity index (χ3n) is 3.65. The van der Waals surface area contributed by atoms with E-state index in [1.165, 1.54) is 29.8 Å². The van der Waals surface area contributed by atoms with Gasteiger partial charge in [-0.1, -0.05) is 6.07 Å². The van der Waals surface area contributed by atoms with Gasteiger partial charge in [0.15, 0.2) is 5.82 Å². The Balaban J connectivity index is 2.45. The van der Waals surface area contributed by atoms with Crippen LogP contribution in [0.1, 0.15) is 10.4 Å². The van der Waals surface area contributed by atoms with Crippen molar-refractivity contribution in [2.45, 2.75) is 0 Å². The lowest BCUT2D eigenvalue weighted by molar-refractivity contribution is 0.0999. The molecule has 3 aromatic rings. The monoisotopic (exact) mass is 330 g/mol. The molecule has 0 spiro atoms. The summed E-state index contributed by atoms with van der Waals surface area (Å²) in [5.74, 6) is -2.83. The van der Waals surface area contributed by atoms with E-state index in [1.54, 1.807) is 0 Å². The van der Waals surface area contributed by atoms with Crippen molar-refractivity contribution in [3.63, 3.8) is 0 Å². The normalized spacial score (nSPS) is 11.0. The minimum Gasteiger partial charge on any atom is -0.384 e. The third kappa shape index (κ3) is 2.28. The highest BCUT2D eigenvalue weighted by Crippen LogP contribution is 2.30. The fraction of sp³-hybridized carbons (Fsp3) is 0.0625. The Kier molecular flexibility index (Phi) is 3.52. The number of hydrogen-bond donors (Lipinski definition) is 2. The number of nitrogens with zero attached hydrogens (tertiary/aromatic N) is 2. The van der Waals surface area contributed by atoms with E-state index in [2.05, 4.69) is 4.98 Å². The fourth-order valence-electron chi connectivity index (χ4n) is 2.59. The number of nitrogen functional groups attached to an aromatic ring is 1. The highest BCUT2D eigenvalue weighted by molar-refractivity contribution is 5.97. The molecule has 0 aliphatic carbocycles. The number of aryl methyl sites for hydroxylation is 1. The summed E-state index contributed by atoms with van der Waals surface area (Å²) in [6.45, 7) is 0. The van der Waals surface area contributed by atoms with Gasteiger partial charge in [-0.05, 0) is 18.2 Å². The molecule has 0 aliphatic heterocycles. The van der Waals surface area contributed by atoms with Crippen LogP contribution in [0.5, 0.6) is 0 Å². The number of carbonyl (C=O) groups is 1. The minimum atomic E-state index is -0.989. The first-order valence-corrected chi connectivity index (χ1v) is 6.85. The molecular weight excluding hydrogens is 318 g/mol. The van der Waals surface area contributed by atoms with Crippen molar-refractivity contribution in [3.8, 4) is 11.3 Å². The van der Waals surface area contributed by atoms with Crippen LogP contribution in [0.25, 0.3) is 22.2 Å². The van der Waals surface area contributed by atoms with E-state index in [4.69, 9.17) is 11.5 Å². The summed E-state index contributed by atoms with van der Waals surface area (Å²) in [6.07, 6.45) is 1.12. The Morgan fingerprint density at radius 3 is 2.62 bits per heavy atom. The lowest BCUT2D eigenvalue weighted by Crippen LogP contribution is -2.24. The van der Waals surface area contributed by atoms with Crippen molar-refractivity contribution < 1.29 is 13.6 Å². The van der Waals surface area contributed by atoms with Gasteiger partial charge in [-0.15, -0.1) is 0 Å². The first-order valence-electron chi connectivity index (χ1n) is 6.85. The van der Waals surface area contributed by atoms with Gasteiger partial charge in [-0.3, -0.25) is 9.59 Å². The number of aromatic nitrogens is 2. The maximum absolute atomic E-state index is 14.9. The zero-order valence-electron chi connectivity index (χ0n) is 12.5. The van der Waals surface area contributed by atoms with E-state index in [0.717, 1.165) is 12.3 Å². The van der Waals surface area contributed by atoms with Crippen LogP contribution < -0.4 is 16.9 Å². The fourth-order valence-corrected chi connectivity index (χ4v) is 2.59. The maximum atomic E-state index is 14.9. The average Bonchev–Trinajstić information content (AvgIpc) is 2.50. The molecular formula is C16H12F2N4O2. The standard InChI is InChI=1S/C16H12F2N4O2/c1-22-6-8(16(20)24)15(23)7-5-9(17)12(13(18)14(7)22)10-3-2-4-11(19)21-10/h2-6H,1H3,(H2,19,21)(H2,20,24). The summed E-state index contributed by atoms with van der Waals surface area (Å²) in [4.78, 5) is 27.5. The predicted molar refractivity (Wildman–Crippen MR) is 85.3 cm³/mol. The Morgan fingerprint density at radius 2 is 2.00 bits per heavy atom. The van der Waals surface area contributed by atoms with E-state index in [-0.39, 0.29) is 28.0 Å². The maximum Gasteiger partial charge on any atom is 0.254 e. The molecule has 8 heteroatoms. The first-order chi connectivity index (χ1) is 11.3. The van der Waals surface area contributed by atoms with Gasteiger partial charge in [0, 0.05) is 13.2 Å². The number of benzene rings is 1. The smallest absolute Gasteiger partial charge is 0.254 e. The van der Waals surface area contributed by atoms with Crippen molar-refractivity contribution in [2.24, 2.45) is 12.8 Å². The lowest BCUT2D eigenvalue weighted by atomic mass is 10.0. The summed E-state index contributed by atoms with van der Waals surface area (Å²) in [6, 6.07) is 5.26. The molecule has 0 aliphatic rings. The summed E-state index contributed by atoms with van der Waals surface area (Å²) in [5, 5.41) is -0.281. The first kappa shape index (κ1) is 15.6. The molecule has 0 radical (unpaired) electrons. The molecule has 3 rings (SSSR count). The molecule has 1 amide bonds. The number of fused-ring (bicyclic) bond motifs is 1. The largest absolute Gasteiger partial charge is 0.384 e. The number of primary amides is 1. The molecule has 0 bridgehead atoms. The molecule has 6 nitrogen and oxygen atoms in total. The van der Waals surface area contributed by atoms with E-state index < -0.39 is 28.5 Å². The molecule has 0 atom stereocenters. The zero-order chi connectivity index (χ0) is 17.6. The molecule has 0 fully saturated rings. The minimum absolute atomic E-state index is 0.00155. The van der Waals surface area contributed by atoms with Crippen molar-refractivity contribution >= 4 is 22.6 Å². The summed E-state index contributed by atoms with van der Waals surface area (Å²) < 4.78 is 30.6. The van der Waals surface area contributed by atoms with Crippen molar-refractivity contribution in [1.82, 2.24) is 9.55 Å². The molecule has 122 valence electrons. The van der Waals surface area contributed by atoms with Crippen molar-refractivity contribution in [2.75, 3.05) is 5.73 Å². The summed E-state index contributed by atoms with van der Waals surface area (Å²) >= 11 is 0. The van der Waals surface area contributed by atoms with Crippen LogP contribution in [-0.4, -0.2) is 15.5 Å². The number of halogens is 2. The second kappa shape index (κ2) is 5.41. The summed E-state index contributed by atoms with van der Waals surface area (Å²) in [7, 11) is 1.42. The quantitative estimate of drug-likeness (QED) is 0.744. The van der Waals surface area contributed by atoms with Gasteiger partial charge in [-0.25, -0.2) is 13.8 Å². The number of nitrogens with two attached hydrogens (primary N) is 2. The molecule has 0 saturated heterocycles. The molecule has 0 saturated carbocycles. The number of pyridine rings is 2. The number of carbonyl (C=O) groups excluding carboxylic acids is 1. The molecule has 1 aromatic carbocycles. The Labute approximate surface area is 134 Å². The topological polar surface area (TPSA) is 104 Å². The van der Waals surface area contributed by atoms with Crippen LogP contribution in [-0.2, 0) is 7.05 Å². The number of anilines is 1. The van der Waals surface area contributed by atoms with Gasteiger partial charge >= 0.3 is 0 Å². The van der Waals surface area contributed by atoms with Gasteiger partial charge < -0.3 is 16.0 Å². The van der Waals surface area contributed by atoms with Crippen LogP contribution in [0, 0.1) is 11.6 Å². The van der Waals surface area contributed by atoms with Gasteiger partial charge in [0.2, 0.25) is 5.43 Å². The van der Waals surface area contributed by atoms with Crippen LogP contribution in [0.15, 0.2) is 35.3 Å². The van der Waals surface area contributed by atoms with Crippen molar-refractivity contribution in [3.05, 3.63) is 57.9 Å². The highest BCUT2D eigenvalue weighted by atomic mass is 19.1. The Bertz CT molecular complexity index is 1060. The van der Waals surface area contributed by atoms with Gasteiger partial charge in [0.25, 0.3) is 5.91 Å². The van der Waals surface area contributed by atoms with E-state index in [9.17, 15) is 18.4 Å². The lowest BCUT2D eigenvalue weighted by Gasteiger charge is -2.12. The van der Waals surface area contributed by atoms with E-state index >= 15 is 0 Å². The van der Waals surface area contributed by atoms with Crippen molar-refractivity contribution in [1.29, 1.82) is 0 Å². The van der Waals surface area contributed by atoms with Crippen LogP contribution in [0.4, 0.5) is 14.6 Å². The second-order valence-corrected chi connectivity index (χ2v) is 5.24. The average molecular weight is 330 g/mol. The summed E-state index contributed by atoms with van der Waals surface area (Å²) in [5.41, 5.74) is 8.93. The molecule has 0 unspecified atom stereocenters. The molecule has 2 aromatic heterocycles. The zero-order valence-corrected chi connectivity index (χ0v) is 12.5. The molecule has 4 N–H and O–H groups in total. The Hall–Kier alpha value is -3.29. The molecule has 24 heavy (non-hydrogen) atoms. The van der Waals surface area contributed by atoms with Gasteiger partial charge in [-0.2, -0.15) is 0 Å². The number of hydrogen-bond acceptors (Lipinski definition) is 4. The molecule has 2 heterocycles. The van der Waals surface area contributed by atoms with Gasteiger partial charge in [0.05, 0.1) is 22.2 Å². The van der Waals surface area contributed by atoms with Crippen LogP contribution in [0.2, 0.25) is 0 Å². The Morgan fingerprint density at radius 1 is 1.29 bits per heavy atom. The number of rotatable bonds is 2. The van der Waals surface area contributed by atoms with Gasteiger partial charge in [0.1, 0.15) is 17.2 Å². The second-order valence-electron chi connectivity index (χ2n) is 5.24. The SMILES string of the molecule is Cn1cc(C(N)=O)c(=O)c2cc(F)c(-c3cccc(N)n3)c(F)c21. The van der Waals surface area contributed by atoms with E-state index in [1.807, 2.05) is 0 Å². The predicted octanol–water partition coefficient (Wildman–Crippen LogP) is 1.56. The number of amides is 1. The van der Waals surface area contributed by atoms with E-state index in [0.29, 0.717) is 0 Å². The third-order valence-corrected chi connectivity index (χ3v) is 3.65. The highest BCUT2D eigenvalue weighted by Gasteiger charge is 2.22.